The van der Waals surface area contributed by atoms with Gasteiger partial charge in [-0.1, -0.05) is 20.3 Å². The van der Waals surface area contributed by atoms with Crippen molar-refractivity contribution in [1.82, 2.24) is 15.1 Å². The van der Waals surface area contributed by atoms with Crippen LogP contribution in [0, 0.1) is 11.8 Å². The van der Waals surface area contributed by atoms with E-state index in [0.717, 1.165) is 32.4 Å². The van der Waals surface area contributed by atoms with Crippen molar-refractivity contribution in [3.05, 3.63) is 0 Å². The predicted molar refractivity (Wildman–Crippen MR) is 82.3 cm³/mol. The van der Waals surface area contributed by atoms with E-state index in [1.54, 1.807) is 11.9 Å². The summed E-state index contributed by atoms with van der Waals surface area (Å²) in [5.74, 6) is -0.544. The maximum atomic E-state index is 12.2. The molecule has 21 heavy (non-hydrogen) atoms. The quantitative estimate of drug-likeness (QED) is 0.779. The highest BCUT2D eigenvalue weighted by Gasteiger charge is 2.27. The van der Waals surface area contributed by atoms with E-state index >= 15 is 0 Å². The molecule has 0 saturated carbocycles. The lowest BCUT2D eigenvalue weighted by Gasteiger charge is -2.32. The third kappa shape index (κ3) is 5.53. The molecule has 0 aromatic rings. The zero-order chi connectivity index (χ0) is 16.0. The van der Waals surface area contributed by atoms with Crippen LogP contribution in [0.3, 0.4) is 0 Å². The lowest BCUT2D eigenvalue weighted by molar-refractivity contribution is -0.140. The minimum absolute atomic E-state index is 0.0804. The van der Waals surface area contributed by atoms with Gasteiger partial charge in [0.1, 0.15) is 6.04 Å². The lowest BCUT2D eigenvalue weighted by atomic mass is 9.96. The van der Waals surface area contributed by atoms with Gasteiger partial charge in [-0.25, -0.2) is 9.59 Å². The number of likely N-dealkylation sites (tertiary alicyclic amines) is 1. The molecule has 2 N–H and O–H groups in total. The number of rotatable bonds is 6. The summed E-state index contributed by atoms with van der Waals surface area (Å²) < 4.78 is 0. The summed E-state index contributed by atoms with van der Waals surface area (Å²) >= 11 is 0. The highest BCUT2D eigenvalue weighted by Crippen LogP contribution is 2.17. The van der Waals surface area contributed by atoms with Gasteiger partial charge in [0.05, 0.1) is 0 Å². The number of aliphatic carboxylic acids is 1. The Morgan fingerprint density at radius 3 is 2.43 bits per heavy atom. The van der Waals surface area contributed by atoms with Gasteiger partial charge in [-0.2, -0.15) is 0 Å². The van der Waals surface area contributed by atoms with Gasteiger partial charge in [-0.05, 0) is 44.8 Å². The molecule has 1 saturated heterocycles. The zero-order valence-corrected chi connectivity index (χ0v) is 13.6. The number of urea groups is 1. The molecule has 1 heterocycles. The van der Waals surface area contributed by atoms with E-state index in [1.165, 1.54) is 0 Å². The lowest BCUT2D eigenvalue weighted by Crippen LogP contribution is -2.50. The molecule has 0 spiro atoms. The second kappa shape index (κ2) is 8.22. The maximum Gasteiger partial charge on any atom is 0.326 e. The zero-order valence-electron chi connectivity index (χ0n) is 13.6. The van der Waals surface area contributed by atoms with Gasteiger partial charge >= 0.3 is 12.0 Å². The highest BCUT2D eigenvalue weighted by atomic mass is 16.4. The third-order valence-electron chi connectivity index (χ3n) is 4.47. The van der Waals surface area contributed by atoms with Crippen molar-refractivity contribution in [3.63, 3.8) is 0 Å². The van der Waals surface area contributed by atoms with Crippen molar-refractivity contribution in [3.8, 4) is 0 Å². The molecule has 6 heteroatoms. The fourth-order valence-electron chi connectivity index (χ4n) is 2.64. The summed E-state index contributed by atoms with van der Waals surface area (Å²) in [6.07, 6.45) is 2.89. The largest absolute Gasteiger partial charge is 0.480 e. The molecule has 0 radical (unpaired) electrons. The van der Waals surface area contributed by atoms with Crippen LogP contribution in [0.15, 0.2) is 0 Å². The van der Waals surface area contributed by atoms with Gasteiger partial charge in [-0.15, -0.1) is 0 Å². The maximum absolute atomic E-state index is 12.2. The highest BCUT2D eigenvalue weighted by molar-refractivity contribution is 5.82. The third-order valence-corrected chi connectivity index (χ3v) is 4.47. The van der Waals surface area contributed by atoms with Gasteiger partial charge in [0.2, 0.25) is 0 Å². The Labute approximate surface area is 127 Å². The molecule has 0 aliphatic carbocycles. The summed E-state index contributed by atoms with van der Waals surface area (Å²) in [4.78, 5) is 27.3. The van der Waals surface area contributed by atoms with Gasteiger partial charge in [-0.3, -0.25) is 0 Å². The monoisotopic (exact) mass is 299 g/mol. The topological polar surface area (TPSA) is 72.9 Å². The molecule has 1 rings (SSSR count). The Kier molecular flexibility index (Phi) is 6.95. The number of piperidine rings is 1. The van der Waals surface area contributed by atoms with Gasteiger partial charge < -0.3 is 20.2 Å². The normalized spacial score (nSPS) is 19.8. The first-order valence-electron chi connectivity index (χ1n) is 7.78. The Bertz CT molecular complexity index is 354. The fraction of sp³-hybridized carbons (Fsp3) is 0.867. The predicted octanol–water partition coefficient (Wildman–Crippen LogP) is 1.47. The van der Waals surface area contributed by atoms with Crippen molar-refractivity contribution in [1.29, 1.82) is 0 Å². The van der Waals surface area contributed by atoms with E-state index < -0.39 is 12.0 Å². The number of hydrogen-bond donors (Lipinski definition) is 2. The summed E-state index contributed by atoms with van der Waals surface area (Å²) in [7, 11) is 3.85. The molecule has 0 unspecified atom stereocenters. The number of hydrogen-bond acceptors (Lipinski definition) is 3. The first-order valence-corrected chi connectivity index (χ1v) is 7.78. The second-order valence-electron chi connectivity index (χ2n) is 6.28. The smallest absolute Gasteiger partial charge is 0.326 e. The van der Waals surface area contributed by atoms with E-state index in [0.29, 0.717) is 12.5 Å². The van der Waals surface area contributed by atoms with Crippen molar-refractivity contribution < 1.29 is 14.7 Å². The van der Waals surface area contributed by atoms with Crippen molar-refractivity contribution in [2.45, 2.75) is 39.2 Å². The summed E-state index contributed by atoms with van der Waals surface area (Å²) in [5, 5.41) is 11.9. The van der Waals surface area contributed by atoms with Gasteiger partial charge in [0.15, 0.2) is 0 Å². The van der Waals surface area contributed by atoms with E-state index in [-0.39, 0.29) is 11.9 Å². The van der Waals surface area contributed by atoms with Crippen molar-refractivity contribution >= 4 is 12.0 Å². The minimum atomic E-state index is -0.967. The standard InChI is InChI=1S/C15H29N3O3/c1-5-11(2)13(14(19)20)16-15(21)18(4)10-12-6-8-17(3)9-7-12/h11-13H,5-10H2,1-4H3,(H,16,21)(H,19,20)/t11-,13-/m0/s1. The van der Waals surface area contributed by atoms with Crippen LogP contribution in [0.25, 0.3) is 0 Å². The van der Waals surface area contributed by atoms with Crippen LogP contribution in [0.1, 0.15) is 33.1 Å². The molecular formula is C15H29N3O3. The molecule has 0 aromatic heterocycles. The molecular weight excluding hydrogens is 270 g/mol. The average Bonchev–Trinajstić information content (AvgIpc) is 2.45. The van der Waals surface area contributed by atoms with Crippen molar-refractivity contribution in [2.75, 3.05) is 33.7 Å². The van der Waals surface area contributed by atoms with Crippen LogP contribution in [0.4, 0.5) is 4.79 Å². The van der Waals surface area contributed by atoms with E-state index in [9.17, 15) is 14.7 Å². The van der Waals surface area contributed by atoms with Crippen molar-refractivity contribution in [2.24, 2.45) is 11.8 Å². The molecule has 1 aliphatic rings. The van der Waals surface area contributed by atoms with Crippen LogP contribution in [0.5, 0.6) is 0 Å². The molecule has 0 aromatic carbocycles. The van der Waals surface area contributed by atoms with Crippen LogP contribution in [-0.2, 0) is 4.79 Å². The molecule has 122 valence electrons. The fourth-order valence-corrected chi connectivity index (χ4v) is 2.64. The number of nitrogens with one attached hydrogen (secondary N) is 1. The molecule has 1 aliphatic heterocycles. The Morgan fingerprint density at radius 2 is 1.95 bits per heavy atom. The van der Waals surface area contributed by atoms with E-state index in [1.807, 2.05) is 13.8 Å². The van der Waals surface area contributed by atoms with Crippen LogP contribution in [0.2, 0.25) is 0 Å². The van der Waals surface area contributed by atoms with Crippen LogP contribution in [-0.4, -0.2) is 66.7 Å². The first kappa shape index (κ1) is 17.8. The van der Waals surface area contributed by atoms with E-state index in [2.05, 4.69) is 17.3 Å². The molecule has 1 fully saturated rings. The second-order valence-corrected chi connectivity index (χ2v) is 6.28. The Hall–Kier alpha value is -1.30. The number of nitrogens with zero attached hydrogens (tertiary/aromatic N) is 2. The number of carboxylic acid groups (broad SMARTS) is 1. The summed E-state index contributed by atoms with van der Waals surface area (Å²) in [5.41, 5.74) is 0. The van der Waals surface area contributed by atoms with Gasteiger partial charge in [0, 0.05) is 13.6 Å². The number of carboxylic acids is 1. The van der Waals surface area contributed by atoms with E-state index in [4.69, 9.17) is 0 Å². The first-order chi connectivity index (χ1) is 9.85. The van der Waals surface area contributed by atoms with Crippen LogP contribution >= 0.6 is 0 Å². The van der Waals surface area contributed by atoms with Gasteiger partial charge in [0.25, 0.3) is 0 Å². The Morgan fingerprint density at radius 1 is 1.38 bits per heavy atom. The van der Waals surface area contributed by atoms with Crippen LogP contribution < -0.4 is 5.32 Å². The number of carbonyl (C=O) groups is 2. The number of amides is 2. The Balaban J connectivity index is 2.47. The summed E-state index contributed by atoms with van der Waals surface area (Å²) in [6.45, 7) is 6.58. The molecule has 0 bridgehead atoms. The number of carbonyl (C=O) groups excluding carboxylic acids is 1. The molecule has 6 nitrogen and oxygen atoms in total. The minimum Gasteiger partial charge on any atom is -0.480 e. The molecule has 2 amide bonds. The average molecular weight is 299 g/mol. The SMILES string of the molecule is CC[C@H](C)[C@H](NC(=O)N(C)CC1CCN(C)CC1)C(=O)O. The molecule has 2 atom stereocenters. The summed E-state index contributed by atoms with van der Waals surface area (Å²) in [6, 6.07) is -1.11.